The first-order chi connectivity index (χ1) is 16.3. The van der Waals surface area contributed by atoms with Crippen molar-refractivity contribution in [3.8, 4) is 12.3 Å². The van der Waals surface area contributed by atoms with Gasteiger partial charge in [-0.15, -0.1) is 15.7 Å². The largest absolute Gasteiger partial charge is 0.377 e. The number of primary amides is 1. The molecular weight excluding hydrogens is 437 g/mol. The van der Waals surface area contributed by atoms with Gasteiger partial charge in [0, 0.05) is 16.9 Å². The molecule has 3 aliphatic rings. The monoisotopic (exact) mass is 473 g/mol. The quantitative estimate of drug-likeness (QED) is 0.480. The van der Waals surface area contributed by atoms with E-state index in [0.29, 0.717) is 29.7 Å². The molecule has 2 fully saturated rings. The van der Waals surface area contributed by atoms with E-state index in [-0.39, 0.29) is 11.3 Å². The highest BCUT2D eigenvalue weighted by molar-refractivity contribution is 7.16. The fourth-order valence-electron chi connectivity index (χ4n) is 7.78. The molecule has 0 bridgehead atoms. The number of aliphatic hydroxyl groups is 1. The summed E-state index contributed by atoms with van der Waals surface area (Å²) < 4.78 is 0. The standard InChI is InChI=1S/C30H36NO2P/c1-3-30(33)23(17-20-5-4-6-22(16-20)28(31)32)18-27-26-10-8-21-15-19(12-14-34)7-9-24(21)25(26)11-13-29(27,30)2/h1,4-7,9,15-16,23,25-27,33H,8,10-14,17-18,34H2,2H3,(H2,31,32)/t23?,25?,26?,27-,29?,30-/m0/s1. The van der Waals surface area contributed by atoms with E-state index in [1.807, 2.05) is 18.2 Å². The number of nitrogens with two attached hydrogens (primary N) is 1. The topological polar surface area (TPSA) is 63.3 Å². The molecule has 0 aliphatic heterocycles. The van der Waals surface area contributed by atoms with Crippen molar-refractivity contribution in [2.75, 3.05) is 6.16 Å². The van der Waals surface area contributed by atoms with Crippen molar-refractivity contribution in [1.82, 2.24) is 0 Å². The minimum Gasteiger partial charge on any atom is -0.377 e. The molecule has 2 aromatic carbocycles. The zero-order valence-electron chi connectivity index (χ0n) is 20.1. The number of benzene rings is 2. The van der Waals surface area contributed by atoms with Crippen molar-refractivity contribution in [2.24, 2.45) is 28.9 Å². The summed E-state index contributed by atoms with van der Waals surface area (Å²) in [7, 11) is 2.83. The van der Waals surface area contributed by atoms with Gasteiger partial charge in [-0.25, -0.2) is 0 Å². The fraction of sp³-hybridized carbons (Fsp3) is 0.500. The summed E-state index contributed by atoms with van der Waals surface area (Å²) in [6.07, 6.45) is 14.2. The molecule has 2 aromatic rings. The van der Waals surface area contributed by atoms with Crippen molar-refractivity contribution < 1.29 is 9.90 Å². The minimum atomic E-state index is -1.14. The third-order valence-corrected chi connectivity index (χ3v) is 9.82. The lowest BCUT2D eigenvalue weighted by Gasteiger charge is -2.52. The molecule has 0 heterocycles. The highest BCUT2D eigenvalue weighted by atomic mass is 31.0. The van der Waals surface area contributed by atoms with Gasteiger partial charge in [0.15, 0.2) is 0 Å². The van der Waals surface area contributed by atoms with Gasteiger partial charge in [-0.3, -0.25) is 4.79 Å². The number of rotatable bonds is 5. The van der Waals surface area contributed by atoms with Gasteiger partial charge in [0.25, 0.3) is 0 Å². The van der Waals surface area contributed by atoms with E-state index < -0.39 is 11.5 Å². The van der Waals surface area contributed by atoms with Crippen LogP contribution in [0.25, 0.3) is 0 Å². The van der Waals surface area contributed by atoms with Gasteiger partial charge < -0.3 is 10.8 Å². The summed E-state index contributed by atoms with van der Waals surface area (Å²) in [5.41, 5.74) is 10.1. The summed E-state index contributed by atoms with van der Waals surface area (Å²) in [6, 6.07) is 14.6. The number of carbonyl (C=O) groups excluding carboxylic acids is 1. The number of aryl methyl sites for hydroxylation is 2. The summed E-state index contributed by atoms with van der Waals surface area (Å²) in [6.45, 7) is 2.24. The third-order valence-electron chi connectivity index (χ3n) is 9.53. The maximum atomic E-state index is 12.0. The molecule has 3 aliphatic carbocycles. The van der Waals surface area contributed by atoms with Gasteiger partial charge in [-0.2, -0.15) is 0 Å². The highest BCUT2D eigenvalue weighted by Crippen LogP contribution is 2.66. The molecule has 3 N–H and O–H groups in total. The number of terminal acetylenes is 1. The van der Waals surface area contributed by atoms with E-state index >= 15 is 0 Å². The van der Waals surface area contributed by atoms with Crippen LogP contribution in [0.1, 0.15) is 71.1 Å². The van der Waals surface area contributed by atoms with Crippen LogP contribution in [0.5, 0.6) is 0 Å². The van der Waals surface area contributed by atoms with Crippen LogP contribution >= 0.6 is 9.24 Å². The normalized spacial score (nSPS) is 33.9. The molecule has 0 spiro atoms. The van der Waals surface area contributed by atoms with E-state index in [1.54, 1.807) is 6.07 Å². The molecule has 4 heteroatoms. The summed E-state index contributed by atoms with van der Waals surface area (Å²) in [4.78, 5) is 11.7. The van der Waals surface area contributed by atoms with Gasteiger partial charge >= 0.3 is 0 Å². The Hall–Kier alpha value is -2.14. The fourth-order valence-corrected chi connectivity index (χ4v) is 8.11. The Kier molecular flexibility index (Phi) is 6.12. The van der Waals surface area contributed by atoms with Crippen LogP contribution in [0.4, 0.5) is 0 Å². The van der Waals surface area contributed by atoms with Crippen molar-refractivity contribution in [2.45, 2.75) is 63.4 Å². The van der Waals surface area contributed by atoms with E-state index in [0.717, 1.165) is 43.8 Å². The molecule has 0 radical (unpaired) electrons. The maximum Gasteiger partial charge on any atom is 0.248 e. The zero-order chi connectivity index (χ0) is 24.1. The summed E-state index contributed by atoms with van der Waals surface area (Å²) >= 11 is 0. The van der Waals surface area contributed by atoms with Crippen molar-refractivity contribution in [3.05, 3.63) is 70.3 Å². The lowest BCUT2D eigenvalue weighted by molar-refractivity contribution is -0.0800. The third kappa shape index (κ3) is 3.62. The van der Waals surface area contributed by atoms with Gasteiger partial charge in [0.1, 0.15) is 5.60 Å². The number of carbonyl (C=O) groups is 1. The van der Waals surface area contributed by atoms with Gasteiger partial charge in [0.2, 0.25) is 5.91 Å². The second-order valence-electron chi connectivity index (χ2n) is 11.1. The zero-order valence-corrected chi connectivity index (χ0v) is 21.2. The summed E-state index contributed by atoms with van der Waals surface area (Å²) in [5.74, 6) is 3.95. The number of hydrogen-bond donors (Lipinski definition) is 2. The van der Waals surface area contributed by atoms with Crippen LogP contribution in [0, 0.1) is 35.5 Å². The molecule has 5 unspecified atom stereocenters. The van der Waals surface area contributed by atoms with Gasteiger partial charge in [-0.1, -0.05) is 43.2 Å². The van der Waals surface area contributed by atoms with E-state index in [4.69, 9.17) is 12.2 Å². The van der Waals surface area contributed by atoms with Gasteiger partial charge in [-0.05, 0) is 103 Å². The molecule has 7 atom stereocenters. The van der Waals surface area contributed by atoms with Crippen LogP contribution in [-0.4, -0.2) is 22.8 Å². The number of amides is 1. The maximum absolute atomic E-state index is 12.0. The van der Waals surface area contributed by atoms with Crippen LogP contribution < -0.4 is 5.73 Å². The first kappa shape index (κ1) is 23.6. The first-order valence-corrected chi connectivity index (χ1v) is 13.5. The Morgan fingerprint density at radius 2 is 2.06 bits per heavy atom. The number of hydrogen-bond acceptors (Lipinski definition) is 2. The van der Waals surface area contributed by atoms with E-state index in [1.165, 1.54) is 23.1 Å². The molecule has 0 aromatic heterocycles. The SMILES string of the molecule is C#C[C@]1(O)C(Cc2cccc(C(N)=O)c2)C[C@H]2C3CCc4cc(CCP)ccc4C3CCC21C. The average Bonchev–Trinajstić information content (AvgIpc) is 3.06. The van der Waals surface area contributed by atoms with Crippen molar-refractivity contribution >= 4 is 15.1 Å². The Morgan fingerprint density at radius 3 is 2.79 bits per heavy atom. The Balaban J connectivity index is 1.45. The lowest BCUT2D eigenvalue weighted by atomic mass is 9.53. The van der Waals surface area contributed by atoms with Crippen LogP contribution in [0.15, 0.2) is 42.5 Å². The van der Waals surface area contributed by atoms with Crippen LogP contribution in [0.2, 0.25) is 0 Å². The van der Waals surface area contributed by atoms with Crippen molar-refractivity contribution in [3.63, 3.8) is 0 Å². The number of fused-ring (bicyclic) bond motifs is 5. The molecule has 3 nitrogen and oxygen atoms in total. The average molecular weight is 474 g/mol. The molecular formula is C30H36NO2P. The molecule has 2 saturated carbocycles. The summed E-state index contributed by atoms with van der Waals surface area (Å²) in [5, 5.41) is 12.0. The predicted molar refractivity (Wildman–Crippen MR) is 141 cm³/mol. The first-order valence-electron chi connectivity index (χ1n) is 12.7. The smallest absolute Gasteiger partial charge is 0.248 e. The van der Waals surface area contributed by atoms with Crippen molar-refractivity contribution in [1.29, 1.82) is 0 Å². The second kappa shape index (κ2) is 8.82. The Labute approximate surface area is 206 Å². The predicted octanol–water partition coefficient (Wildman–Crippen LogP) is 4.89. The second-order valence-corrected chi connectivity index (χ2v) is 11.6. The van der Waals surface area contributed by atoms with Crippen LogP contribution in [0.3, 0.4) is 0 Å². The van der Waals surface area contributed by atoms with E-state index in [2.05, 4.69) is 40.3 Å². The highest BCUT2D eigenvalue weighted by Gasteiger charge is 2.65. The molecule has 178 valence electrons. The molecule has 34 heavy (non-hydrogen) atoms. The molecule has 5 rings (SSSR count). The van der Waals surface area contributed by atoms with E-state index in [9.17, 15) is 9.90 Å². The van der Waals surface area contributed by atoms with Gasteiger partial charge in [0.05, 0.1) is 0 Å². The Morgan fingerprint density at radius 1 is 1.24 bits per heavy atom. The molecule has 1 amide bonds. The Bertz CT molecular complexity index is 1150. The van der Waals surface area contributed by atoms with Crippen LogP contribution in [-0.2, 0) is 19.3 Å². The lowest BCUT2D eigenvalue weighted by Crippen LogP contribution is -2.52. The molecule has 0 saturated heterocycles. The minimum absolute atomic E-state index is 0.0276.